The number of ether oxygens (including phenoxy) is 2. The Balaban J connectivity index is 1.89. The highest BCUT2D eigenvalue weighted by Crippen LogP contribution is 2.33. The topological polar surface area (TPSA) is 199 Å². The zero-order valence-electron chi connectivity index (χ0n) is 38.9. The maximum absolute atomic E-state index is 14.8. The summed E-state index contributed by atoms with van der Waals surface area (Å²) in [5.74, 6) is -2.89. The third-order valence-corrected chi connectivity index (χ3v) is 13.7. The van der Waals surface area contributed by atoms with Gasteiger partial charge < -0.3 is 24.8 Å². The lowest BCUT2D eigenvalue weighted by Gasteiger charge is -2.39. The molecule has 2 amide bonds. The van der Waals surface area contributed by atoms with Crippen LogP contribution in [-0.4, -0.2) is 111 Å². The first-order valence-corrected chi connectivity index (χ1v) is 24.6. The van der Waals surface area contributed by atoms with Crippen LogP contribution < -0.4 is 5.32 Å². The van der Waals surface area contributed by atoms with E-state index in [1.807, 2.05) is 61.8 Å². The number of aromatic nitrogens is 1. The first kappa shape index (κ1) is 53.2. The zero-order valence-corrected chi connectivity index (χ0v) is 40.6. The summed E-state index contributed by atoms with van der Waals surface area (Å²) >= 11 is 2.85. The Morgan fingerprint density at radius 2 is 1.78 bits per heavy atom. The summed E-state index contributed by atoms with van der Waals surface area (Å²) in [6, 6.07) is 2.73. The van der Waals surface area contributed by atoms with Gasteiger partial charge in [-0.05, 0) is 81.3 Å². The van der Waals surface area contributed by atoms with Crippen LogP contribution in [0.2, 0.25) is 0 Å². The van der Waals surface area contributed by atoms with Crippen molar-refractivity contribution >= 4 is 58.3 Å². The number of nitrogens with one attached hydrogen (secondary N) is 1. The van der Waals surface area contributed by atoms with Crippen molar-refractivity contribution in [3.8, 4) is 5.75 Å². The van der Waals surface area contributed by atoms with Crippen molar-refractivity contribution in [3.63, 3.8) is 0 Å². The van der Waals surface area contributed by atoms with E-state index < -0.39 is 58.1 Å². The average Bonchev–Trinajstić information content (AvgIpc) is 3.73. The highest BCUT2D eigenvalue weighted by Gasteiger charge is 2.39. The number of nitro benzene ring substituents is 1. The summed E-state index contributed by atoms with van der Waals surface area (Å²) in [5.41, 5.74) is 0.166. The monoisotopic (exact) mass is 917 g/mol. The first-order chi connectivity index (χ1) is 29.8. The molecule has 0 saturated carbocycles. The standard InChI is InChI=1S/C46H71N5O10S2/c1-11-30(6)35(25-41(53)37-14-12-13-17-49(37)9)45(56)50(27-61-42(54)20-28(2)3)38(29(4)5)22-31(7)44-48-36(26-63-44)43(55)47-34(21-32(8)46(57)60-18-19-62-10)23-33-15-16-40(52)39(24-33)51(58)59/h15-16,24,26,28-32,34-35,37-38,52H,11-14,17-23,25,27H2,1-10H3,(H,47,55)/t30?,31-,32+,34-,35+,37-,38-/m1/s1. The largest absolute Gasteiger partial charge is 0.502 e. The molecule has 0 radical (unpaired) electrons. The molecule has 0 spiro atoms. The zero-order chi connectivity index (χ0) is 47.0. The number of carbonyl (C=O) groups excluding carboxylic acids is 5. The number of esters is 2. The summed E-state index contributed by atoms with van der Waals surface area (Å²) in [6.07, 6.45) is 6.41. The molecule has 1 fully saturated rings. The van der Waals surface area contributed by atoms with Gasteiger partial charge in [-0.15, -0.1) is 11.3 Å². The number of nitrogens with zero attached hydrogens (tertiary/aromatic N) is 4. The van der Waals surface area contributed by atoms with E-state index in [1.54, 1.807) is 29.0 Å². The van der Waals surface area contributed by atoms with Gasteiger partial charge >= 0.3 is 17.6 Å². The van der Waals surface area contributed by atoms with Gasteiger partial charge in [-0.3, -0.25) is 39.0 Å². The van der Waals surface area contributed by atoms with Gasteiger partial charge in [0.05, 0.1) is 21.9 Å². The van der Waals surface area contributed by atoms with Gasteiger partial charge in [0.15, 0.2) is 18.3 Å². The number of phenolic OH excluding ortho intramolecular Hbond substituents is 1. The lowest BCUT2D eigenvalue weighted by molar-refractivity contribution is -0.385. The lowest BCUT2D eigenvalue weighted by atomic mass is 9.82. The Hall–Kier alpha value is -4.09. The second-order valence-electron chi connectivity index (χ2n) is 18.0. The van der Waals surface area contributed by atoms with Crippen molar-refractivity contribution in [2.24, 2.45) is 29.6 Å². The Morgan fingerprint density at radius 3 is 2.40 bits per heavy atom. The molecule has 2 aromatic rings. The van der Waals surface area contributed by atoms with Gasteiger partial charge in [0.25, 0.3) is 5.91 Å². The van der Waals surface area contributed by atoms with Crippen molar-refractivity contribution in [2.75, 3.05) is 38.9 Å². The van der Waals surface area contributed by atoms with Gasteiger partial charge in [0.1, 0.15) is 12.3 Å². The molecule has 1 aromatic heterocycles. The summed E-state index contributed by atoms with van der Waals surface area (Å²) in [6.45, 7) is 16.4. The first-order valence-electron chi connectivity index (χ1n) is 22.3. The number of hydrogen-bond acceptors (Lipinski definition) is 14. The van der Waals surface area contributed by atoms with Gasteiger partial charge in [-0.2, -0.15) is 11.8 Å². The number of aromatic hydroxyl groups is 1. The quantitative estimate of drug-likeness (QED) is 0.0303. The number of phenols is 1. The van der Waals surface area contributed by atoms with Crippen LogP contribution in [0.5, 0.6) is 5.75 Å². The molecule has 1 unspecified atom stereocenters. The molecule has 0 aliphatic carbocycles. The molecule has 1 aliphatic heterocycles. The highest BCUT2D eigenvalue weighted by molar-refractivity contribution is 7.98. The highest BCUT2D eigenvalue weighted by atomic mass is 32.2. The minimum absolute atomic E-state index is 0.0582. The number of nitro groups is 1. The SMILES string of the molecule is CCC(C)[C@H](CC(=O)[C@H]1CCCCN1C)C(=O)N(COC(=O)CC(C)C)[C@H](C[C@@H](C)c1nc(C(=O)N[C@@H](Cc2ccc(O)c([N+](=O)[O-])c2)C[C@H](C)C(=O)OCCSC)cs1)C(C)C. The lowest BCUT2D eigenvalue weighted by Crippen LogP contribution is -2.50. The van der Waals surface area contributed by atoms with E-state index in [1.165, 1.54) is 29.5 Å². The van der Waals surface area contributed by atoms with E-state index in [4.69, 9.17) is 14.5 Å². The van der Waals surface area contributed by atoms with E-state index in [2.05, 4.69) is 10.2 Å². The number of thioether (sulfide) groups is 1. The minimum Gasteiger partial charge on any atom is -0.502 e. The maximum atomic E-state index is 14.8. The normalized spacial score (nSPS) is 17.3. The minimum atomic E-state index is -0.684. The molecule has 1 saturated heterocycles. The van der Waals surface area contributed by atoms with Crippen LogP contribution in [0.15, 0.2) is 23.6 Å². The molecule has 352 valence electrons. The number of Topliss-reactive ketones (excluding diaryl/α,β-unsaturated/α-hetero) is 1. The van der Waals surface area contributed by atoms with Gasteiger partial charge in [0, 0.05) is 54.0 Å². The molecular formula is C46H71N5O10S2. The number of thiazole rings is 1. The molecule has 17 heteroatoms. The molecule has 7 atom stereocenters. The summed E-state index contributed by atoms with van der Waals surface area (Å²) in [4.78, 5) is 87.6. The molecule has 3 rings (SSSR count). The number of carbonyl (C=O) groups is 5. The third-order valence-electron chi connectivity index (χ3n) is 12.0. The Kier molecular flexibility index (Phi) is 22.0. The van der Waals surface area contributed by atoms with E-state index in [-0.39, 0.29) is 86.1 Å². The Morgan fingerprint density at radius 1 is 1.06 bits per heavy atom. The maximum Gasteiger partial charge on any atom is 0.310 e. The van der Waals surface area contributed by atoms with E-state index in [9.17, 15) is 39.2 Å². The molecular weight excluding hydrogens is 847 g/mol. The number of likely N-dealkylation sites (tertiary alicyclic amines) is 1. The second kappa shape index (κ2) is 26.0. The van der Waals surface area contributed by atoms with E-state index >= 15 is 0 Å². The van der Waals surface area contributed by atoms with Gasteiger partial charge in [0.2, 0.25) is 5.91 Å². The van der Waals surface area contributed by atoms with E-state index in [0.29, 0.717) is 29.2 Å². The van der Waals surface area contributed by atoms with Crippen molar-refractivity contribution in [3.05, 3.63) is 50.0 Å². The summed E-state index contributed by atoms with van der Waals surface area (Å²) < 4.78 is 11.2. The van der Waals surface area contributed by atoms with Gasteiger partial charge in [-0.25, -0.2) is 4.98 Å². The van der Waals surface area contributed by atoms with Crippen LogP contribution in [0, 0.1) is 39.7 Å². The van der Waals surface area contributed by atoms with Crippen molar-refractivity contribution in [1.82, 2.24) is 20.1 Å². The average molecular weight is 918 g/mol. The molecule has 2 heterocycles. The Labute approximate surface area is 382 Å². The van der Waals surface area contributed by atoms with Crippen LogP contribution in [0.25, 0.3) is 0 Å². The number of hydrogen-bond donors (Lipinski definition) is 2. The molecule has 15 nitrogen and oxygen atoms in total. The van der Waals surface area contributed by atoms with Crippen LogP contribution >= 0.6 is 23.1 Å². The van der Waals surface area contributed by atoms with Crippen molar-refractivity contribution in [1.29, 1.82) is 0 Å². The molecule has 2 N–H and O–H groups in total. The van der Waals surface area contributed by atoms with E-state index in [0.717, 1.165) is 25.8 Å². The molecule has 0 bridgehead atoms. The van der Waals surface area contributed by atoms with Crippen molar-refractivity contribution in [2.45, 2.75) is 137 Å². The fourth-order valence-electron chi connectivity index (χ4n) is 8.03. The summed E-state index contributed by atoms with van der Waals surface area (Å²) in [7, 11) is 1.96. The number of amides is 2. The smallest absolute Gasteiger partial charge is 0.310 e. The van der Waals surface area contributed by atoms with Crippen LogP contribution in [0.1, 0.15) is 134 Å². The number of likely N-dealkylation sites (N-methyl/N-ethyl adjacent to an activating group) is 1. The van der Waals surface area contributed by atoms with Crippen LogP contribution in [0.4, 0.5) is 5.69 Å². The predicted octanol–water partition coefficient (Wildman–Crippen LogP) is 8.03. The number of rotatable bonds is 26. The molecule has 1 aliphatic rings. The summed E-state index contributed by atoms with van der Waals surface area (Å²) in [5, 5.41) is 26.9. The number of piperidine rings is 1. The Bertz CT molecular complexity index is 1840. The van der Waals surface area contributed by atoms with Crippen LogP contribution in [-0.2, 0) is 35.1 Å². The van der Waals surface area contributed by atoms with Crippen LogP contribution in [0.3, 0.4) is 0 Å². The van der Waals surface area contributed by atoms with Gasteiger partial charge in [-0.1, -0.05) is 74.3 Å². The van der Waals surface area contributed by atoms with Crippen molar-refractivity contribution < 1.29 is 43.5 Å². The fourth-order valence-corrected chi connectivity index (χ4v) is 9.15. The number of ketones is 1. The second-order valence-corrected chi connectivity index (χ2v) is 19.9. The predicted molar refractivity (Wildman–Crippen MR) is 247 cm³/mol. The third kappa shape index (κ3) is 16.4. The fraction of sp³-hybridized carbons (Fsp3) is 0.696. The molecule has 63 heavy (non-hydrogen) atoms. The number of benzene rings is 1. The molecule has 1 aromatic carbocycles.